The highest BCUT2D eigenvalue weighted by Crippen LogP contribution is 2.43. The average molecular weight is 311 g/mol. The summed E-state index contributed by atoms with van der Waals surface area (Å²) in [6.07, 6.45) is 0.147. The minimum absolute atomic E-state index is 0.0536. The number of nitrogens with zero attached hydrogens (tertiary/aromatic N) is 1. The van der Waals surface area contributed by atoms with Crippen LogP contribution in [0.2, 0.25) is 0 Å². The van der Waals surface area contributed by atoms with E-state index < -0.39 is 46.6 Å². The van der Waals surface area contributed by atoms with Crippen molar-refractivity contribution in [3.8, 4) is 0 Å². The molecule has 0 aromatic heterocycles. The third-order valence-corrected chi connectivity index (χ3v) is 6.27. The third-order valence-electron chi connectivity index (χ3n) is 4.15. The number of halogens is 2. The Balaban J connectivity index is 2.02. The summed E-state index contributed by atoms with van der Waals surface area (Å²) in [7, 11) is -3.67. The van der Waals surface area contributed by atoms with E-state index in [4.69, 9.17) is 5.11 Å². The zero-order valence-corrected chi connectivity index (χ0v) is 12.1. The van der Waals surface area contributed by atoms with Gasteiger partial charge in [0.1, 0.15) is 0 Å². The predicted octanol–water partition coefficient (Wildman–Crippen LogP) is 1.55. The van der Waals surface area contributed by atoms with Crippen LogP contribution in [0, 0.1) is 11.8 Å². The van der Waals surface area contributed by atoms with Gasteiger partial charge in [-0.15, -0.1) is 0 Å². The average Bonchev–Trinajstić information content (AvgIpc) is 2.25. The number of piperidine rings is 1. The molecule has 116 valence electrons. The van der Waals surface area contributed by atoms with Crippen LogP contribution in [0.15, 0.2) is 0 Å². The molecular weight excluding hydrogens is 292 g/mol. The normalized spacial score (nSPS) is 31.8. The first kappa shape index (κ1) is 15.6. The van der Waals surface area contributed by atoms with Crippen LogP contribution >= 0.6 is 0 Å². The molecule has 2 fully saturated rings. The van der Waals surface area contributed by atoms with Gasteiger partial charge in [-0.3, -0.25) is 4.79 Å². The SMILES string of the molecule is CC1CCC(C(=O)O)CN1S(=O)(=O)CC1CC(F)(F)C1. The highest BCUT2D eigenvalue weighted by Gasteiger charge is 2.48. The van der Waals surface area contributed by atoms with Crippen molar-refractivity contribution in [2.45, 2.75) is 44.6 Å². The van der Waals surface area contributed by atoms with Crippen molar-refractivity contribution in [3.63, 3.8) is 0 Å². The zero-order chi connectivity index (χ0) is 15.1. The highest BCUT2D eigenvalue weighted by atomic mass is 32.2. The lowest BCUT2D eigenvalue weighted by Gasteiger charge is -2.39. The minimum Gasteiger partial charge on any atom is -0.481 e. The first-order chi connectivity index (χ1) is 9.11. The molecule has 0 aromatic rings. The van der Waals surface area contributed by atoms with Crippen LogP contribution in [0.25, 0.3) is 0 Å². The van der Waals surface area contributed by atoms with E-state index in [0.29, 0.717) is 12.8 Å². The molecule has 20 heavy (non-hydrogen) atoms. The lowest BCUT2D eigenvalue weighted by Crippen LogP contribution is -2.50. The van der Waals surface area contributed by atoms with Crippen molar-refractivity contribution < 1.29 is 27.1 Å². The summed E-state index contributed by atoms with van der Waals surface area (Å²) in [5, 5.41) is 9.00. The highest BCUT2D eigenvalue weighted by molar-refractivity contribution is 7.89. The fourth-order valence-corrected chi connectivity index (χ4v) is 5.04. The van der Waals surface area contributed by atoms with Gasteiger partial charge in [0.2, 0.25) is 15.9 Å². The lowest BCUT2D eigenvalue weighted by atomic mass is 9.83. The van der Waals surface area contributed by atoms with Crippen LogP contribution in [0.5, 0.6) is 0 Å². The molecule has 1 heterocycles. The molecule has 1 N–H and O–H groups in total. The van der Waals surface area contributed by atoms with E-state index in [2.05, 4.69) is 0 Å². The van der Waals surface area contributed by atoms with E-state index in [-0.39, 0.29) is 18.3 Å². The Kier molecular flexibility index (Phi) is 4.07. The molecule has 5 nitrogen and oxygen atoms in total. The van der Waals surface area contributed by atoms with E-state index in [9.17, 15) is 22.0 Å². The van der Waals surface area contributed by atoms with Crippen LogP contribution in [-0.2, 0) is 14.8 Å². The molecule has 0 aromatic carbocycles. The number of hydrogen-bond acceptors (Lipinski definition) is 3. The van der Waals surface area contributed by atoms with Crippen molar-refractivity contribution in [3.05, 3.63) is 0 Å². The number of carboxylic acids is 1. The van der Waals surface area contributed by atoms with Crippen LogP contribution in [0.4, 0.5) is 8.78 Å². The lowest BCUT2D eigenvalue weighted by molar-refractivity contribution is -0.143. The van der Waals surface area contributed by atoms with Gasteiger partial charge in [-0.05, 0) is 25.7 Å². The molecule has 8 heteroatoms. The number of rotatable bonds is 4. The molecule has 2 atom stereocenters. The second kappa shape index (κ2) is 5.22. The number of alkyl halides is 2. The molecule has 1 saturated carbocycles. The topological polar surface area (TPSA) is 74.7 Å². The van der Waals surface area contributed by atoms with Gasteiger partial charge in [-0.25, -0.2) is 17.2 Å². The first-order valence-corrected chi connectivity index (χ1v) is 8.32. The number of aliphatic carboxylic acids is 1. The van der Waals surface area contributed by atoms with Gasteiger partial charge in [0.25, 0.3) is 0 Å². The first-order valence-electron chi connectivity index (χ1n) is 6.71. The minimum atomic E-state index is -3.67. The van der Waals surface area contributed by atoms with Crippen LogP contribution in [-0.4, -0.2) is 48.1 Å². The van der Waals surface area contributed by atoms with Crippen LogP contribution in [0.1, 0.15) is 32.6 Å². The second-order valence-corrected chi connectivity index (χ2v) is 7.91. The standard InChI is InChI=1S/C12H19F2NO4S/c1-8-2-3-10(11(16)17)6-15(8)20(18,19)7-9-4-12(13,14)5-9/h8-10H,2-7H2,1H3,(H,16,17). The Bertz CT molecular complexity index is 486. The molecule has 2 unspecified atom stereocenters. The summed E-state index contributed by atoms with van der Waals surface area (Å²) in [6.45, 7) is 1.67. The van der Waals surface area contributed by atoms with E-state index in [1.165, 1.54) is 4.31 Å². The number of hydrogen-bond donors (Lipinski definition) is 1. The van der Waals surface area contributed by atoms with Crippen LogP contribution < -0.4 is 0 Å². The van der Waals surface area contributed by atoms with Gasteiger partial charge in [-0.2, -0.15) is 4.31 Å². The summed E-state index contributed by atoms with van der Waals surface area (Å²) in [6, 6.07) is -0.267. The molecule has 1 aliphatic carbocycles. The molecule has 2 aliphatic rings. The Morgan fingerprint density at radius 1 is 1.35 bits per heavy atom. The van der Waals surface area contributed by atoms with Gasteiger partial charge in [0.15, 0.2) is 0 Å². The monoisotopic (exact) mass is 311 g/mol. The Hall–Kier alpha value is -0.760. The molecule has 0 bridgehead atoms. The largest absolute Gasteiger partial charge is 0.481 e. The molecule has 2 rings (SSSR count). The Labute approximate surface area is 117 Å². The summed E-state index contributed by atoms with van der Waals surface area (Å²) >= 11 is 0. The van der Waals surface area contributed by atoms with E-state index in [0.717, 1.165) is 0 Å². The van der Waals surface area contributed by atoms with Crippen molar-refractivity contribution in [2.75, 3.05) is 12.3 Å². The third kappa shape index (κ3) is 3.28. The number of carboxylic acid groups (broad SMARTS) is 1. The van der Waals surface area contributed by atoms with E-state index in [1.807, 2.05) is 0 Å². The van der Waals surface area contributed by atoms with Crippen LogP contribution in [0.3, 0.4) is 0 Å². The summed E-state index contributed by atoms with van der Waals surface area (Å²) in [4.78, 5) is 11.0. The van der Waals surface area contributed by atoms with Crippen molar-refractivity contribution in [1.29, 1.82) is 0 Å². The van der Waals surface area contributed by atoms with Crippen molar-refractivity contribution >= 4 is 16.0 Å². The van der Waals surface area contributed by atoms with Gasteiger partial charge >= 0.3 is 5.97 Å². The smallest absolute Gasteiger partial charge is 0.307 e. The molecule has 1 saturated heterocycles. The van der Waals surface area contributed by atoms with E-state index in [1.54, 1.807) is 6.92 Å². The maximum Gasteiger partial charge on any atom is 0.307 e. The summed E-state index contributed by atoms with van der Waals surface area (Å²) < 4.78 is 51.2. The Morgan fingerprint density at radius 2 is 1.95 bits per heavy atom. The molecular formula is C12H19F2NO4S. The molecule has 0 radical (unpaired) electrons. The number of carbonyl (C=O) groups is 1. The van der Waals surface area contributed by atoms with Gasteiger partial charge in [-0.1, -0.05) is 0 Å². The fourth-order valence-electron chi connectivity index (χ4n) is 2.96. The predicted molar refractivity (Wildman–Crippen MR) is 68.0 cm³/mol. The quantitative estimate of drug-likeness (QED) is 0.855. The second-order valence-electron chi connectivity index (χ2n) is 5.94. The zero-order valence-electron chi connectivity index (χ0n) is 11.3. The van der Waals surface area contributed by atoms with Gasteiger partial charge in [0.05, 0.1) is 11.7 Å². The fraction of sp³-hybridized carbons (Fsp3) is 0.917. The summed E-state index contributed by atoms with van der Waals surface area (Å²) in [5.41, 5.74) is 0. The van der Waals surface area contributed by atoms with Gasteiger partial charge < -0.3 is 5.11 Å². The van der Waals surface area contributed by atoms with Crippen molar-refractivity contribution in [2.24, 2.45) is 11.8 Å². The van der Waals surface area contributed by atoms with Crippen molar-refractivity contribution in [1.82, 2.24) is 4.31 Å². The number of sulfonamides is 1. The maximum absolute atomic E-state index is 12.8. The maximum atomic E-state index is 12.8. The van der Waals surface area contributed by atoms with E-state index >= 15 is 0 Å². The molecule has 1 aliphatic heterocycles. The summed E-state index contributed by atoms with van der Waals surface area (Å²) in [5.74, 6) is -5.28. The molecule has 0 amide bonds. The van der Waals surface area contributed by atoms with Gasteiger partial charge in [0, 0.05) is 25.4 Å². The Morgan fingerprint density at radius 3 is 2.45 bits per heavy atom. The molecule has 0 spiro atoms.